The van der Waals surface area contributed by atoms with E-state index in [0.717, 1.165) is 25.9 Å². The van der Waals surface area contributed by atoms with Gasteiger partial charge in [-0.1, -0.05) is 33.6 Å². The Kier molecular flexibility index (Phi) is 8.15. The van der Waals surface area contributed by atoms with Crippen molar-refractivity contribution in [3.05, 3.63) is 0 Å². The van der Waals surface area contributed by atoms with Gasteiger partial charge in [-0.05, 0) is 43.7 Å². The molecule has 4 heteroatoms. The van der Waals surface area contributed by atoms with Gasteiger partial charge in [0, 0.05) is 13.0 Å². The first kappa shape index (κ1) is 17.4. The molecule has 0 bridgehead atoms. The molecule has 2 unspecified atom stereocenters. The second-order valence-corrected chi connectivity index (χ2v) is 6.22. The summed E-state index contributed by atoms with van der Waals surface area (Å²) in [6.07, 6.45) is 4.43. The van der Waals surface area contributed by atoms with E-state index in [4.69, 9.17) is 0 Å². The van der Waals surface area contributed by atoms with Gasteiger partial charge in [0.1, 0.15) is 0 Å². The number of aliphatic hydroxyl groups is 1. The molecule has 0 radical (unpaired) electrons. The third kappa shape index (κ3) is 5.80. The van der Waals surface area contributed by atoms with Gasteiger partial charge in [-0.3, -0.25) is 4.79 Å². The quantitative estimate of drug-likeness (QED) is 0.638. The molecule has 1 heterocycles. The molecule has 1 amide bonds. The van der Waals surface area contributed by atoms with Gasteiger partial charge in [0.15, 0.2) is 0 Å². The molecular formula is C16H32N2O2. The van der Waals surface area contributed by atoms with E-state index in [1.54, 1.807) is 0 Å². The van der Waals surface area contributed by atoms with E-state index < -0.39 is 6.10 Å². The molecule has 1 aliphatic heterocycles. The van der Waals surface area contributed by atoms with Crippen LogP contribution in [0.5, 0.6) is 0 Å². The highest BCUT2D eigenvalue weighted by atomic mass is 16.3. The Balaban J connectivity index is 2.25. The van der Waals surface area contributed by atoms with Crippen LogP contribution in [0.3, 0.4) is 0 Å². The average molecular weight is 284 g/mol. The molecule has 20 heavy (non-hydrogen) atoms. The Bertz CT molecular complexity index is 274. The minimum atomic E-state index is -0.414. The molecule has 0 saturated carbocycles. The zero-order chi connectivity index (χ0) is 15.0. The second-order valence-electron chi connectivity index (χ2n) is 6.22. The van der Waals surface area contributed by atoms with E-state index in [9.17, 15) is 9.90 Å². The number of carbonyl (C=O) groups is 1. The van der Waals surface area contributed by atoms with Crippen LogP contribution in [0.4, 0.5) is 0 Å². The van der Waals surface area contributed by atoms with Crippen molar-refractivity contribution in [3.63, 3.8) is 0 Å². The van der Waals surface area contributed by atoms with E-state index in [2.05, 4.69) is 31.4 Å². The van der Waals surface area contributed by atoms with Crippen molar-refractivity contribution < 1.29 is 9.90 Å². The summed E-state index contributed by atoms with van der Waals surface area (Å²) in [5.41, 5.74) is 0. The van der Waals surface area contributed by atoms with Gasteiger partial charge < -0.3 is 15.7 Å². The molecule has 1 saturated heterocycles. The third-order valence-electron chi connectivity index (χ3n) is 4.80. The largest absolute Gasteiger partial charge is 0.391 e. The van der Waals surface area contributed by atoms with Crippen molar-refractivity contribution in [3.8, 4) is 0 Å². The van der Waals surface area contributed by atoms with Crippen LogP contribution < -0.4 is 10.6 Å². The maximum absolute atomic E-state index is 12.0. The van der Waals surface area contributed by atoms with Crippen molar-refractivity contribution >= 4 is 5.91 Å². The van der Waals surface area contributed by atoms with Crippen molar-refractivity contribution in [1.82, 2.24) is 10.6 Å². The number of carbonyl (C=O) groups excluding carboxylic acids is 1. The van der Waals surface area contributed by atoms with Crippen LogP contribution >= 0.6 is 0 Å². The minimum Gasteiger partial charge on any atom is -0.391 e. The summed E-state index contributed by atoms with van der Waals surface area (Å²) in [6, 6.07) is 0. The van der Waals surface area contributed by atoms with Gasteiger partial charge in [-0.15, -0.1) is 0 Å². The molecule has 0 aromatic heterocycles. The molecule has 0 aliphatic carbocycles. The Morgan fingerprint density at radius 1 is 1.30 bits per heavy atom. The summed E-state index contributed by atoms with van der Waals surface area (Å²) in [5.74, 6) is 1.46. The third-order valence-corrected chi connectivity index (χ3v) is 4.80. The first-order chi connectivity index (χ1) is 9.58. The first-order valence-electron chi connectivity index (χ1n) is 8.23. The van der Waals surface area contributed by atoms with Gasteiger partial charge >= 0.3 is 0 Å². The maximum Gasteiger partial charge on any atom is 0.220 e. The normalized spacial score (nSPS) is 19.9. The molecule has 3 N–H and O–H groups in total. The lowest BCUT2D eigenvalue weighted by molar-refractivity contribution is -0.123. The SMILES string of the molecule is CCC(CC)C(O)CNC(=O)CC(C)C1CCNCC1. The Hall–Kier alpha value is -0.610. The van der Waals surface area contributed by atoms with Crippen molar-refractivity contribution in [2.45, 2.75) is 59.0 Å². The molecule has 0 aromatic rings. The zero-order valence-electron chi connectivity index (χ0n) is 13.3. The summed E-state index contributed by atoms with van der Waals surface area (Å²) < 4.78 is 0. The summed E-state index contributed by atoms with van der Waals surface area (Å²) in [7, 11) is 0. The van der Waals surface area contributed by atoms with E-state index in [1.165, 1.54) is 12.8 Å². The summed E-state index contributed by atoms with van der Waals surface area (Å²) in [5, 5.41) is 16.3. The predicted octanol–water partition coefficient (Wildman–Crippen LogP) is 1.93. The van der Waals surface area contributed by atoms with Crippen LogP contribution in [0.1, 0.15) is 52.9 Å². The van der Waals surface area contributed by atoms with Crippen LogP contribution in [0, 0.1) is 17.8 Å². The van der Waals surface area contributed by atoms with Crippen molar-refractivity contribution in [1.29, 1.82) is 0 Å². The molecule has 0 spiro atoms. The van der Waals surface area contributed by atoms with Gasteiger partial charge in [0.25, 0.3) is 0 Å². The van der Waals surface area contributed by atoms with Crippen LogP contribution in [0.25, 0.3) is 0 Å². The number of rotatable bonds is 8. The molecule has 118 valence electrons. The minimum absolute atomic E-state index is 0.0843. The lowest BCUT2D eigenvalue weighted by atomic mass is 9.84. The highest BCUT2D eigenvalue weighted by Crippen LogP contribution is 2.24. The lowest BCUT2D eigenvalue weighted by Crippen LogP contribution is -2.38. The van der Waals surface area contributed by atoms with Crippen molar-refractivity contribution in [2.24, 2.45) is 17.8 Å². The lowest BCUT2D eigenvalue weighted by Gasteiger charge is -2.28. The van der Waals surface area contributed by atoms with E-state index in [1.807, 2.05) is 0 Å². The van der Waals surface area contributed by atoms with Gasteiger partial charge in [0.2, 0.25) is 5.91 Å². The summed E-state index contributed by atoms with van der Waals surface area (Å²) >= 11 is 0. The van der Waals surface area contributed by atoms with Gasteiger partial charge in [0.05, 0.1) is 6.10 Å². The van der Waals surface area contributed by atoms with Gasteiger partial charge in [-0.25, -0.2) is 0 Å². The van der Waals surface area contributed by atoms with E-state index in [0.29, 0.717) is 24.8 Å². The van der Waals surface area contributed by atoms with E-state index in [-0.39, 0.29) is 11.8 Å². The van der Waals surface area contributed by atoms with Crippen LogP contribution in [0.2, 0.25) is 0 Å². The van der Waals surface area contributed by atoms with Crippen LogP contribution in [-0.4, -0.2) is 36.8 Å². The van der Waals surface area contributed by atoms with Crippen LogP contribution in [0.15, 0.2) is 0 Å². The number of aliphatic hydroxyl groups excluding tert-OH is 1. The molecular weight excluding hydrogens is 252 g/mol. The Morgan fingerprint density at radius 2 is 1.90 bits per heavy atom. The summed E-state index contributed by atoms with van der Waals surface area (Å²) in [6.45, 7) is 8.88. The number of amides is 1. The van der Waals surface area contributed by atoms with Crippen molar-refractivity contribution in [2.75, 3.05) is 19.6 Å². The smallest absolute Gasteiger partial charge is 0.220 e. The Morgan fingerprint density at radius 3 is 2.45 bits per heavy atom. The zero-order valence-corrected chi connectivity index (χ0v) is 13.3. The topological polar surface area (TPSA) is 61.4 Å². The maximum atomic E-state index is 12.0. The molecule has 2 atom stereocenters. The number of nitrogens with one attached hydrogen (secondary N) is 2. The Labute approximate surface area is 123 Å². The fraction of sp³-hybridized carbons (Fsp3) is 0.938. The number of piperidine rings is 1. The highest BCUT2D eigenvalue weighted by molar-refractivity contribution is 5.76. The fourth-order valence-electron chi connectivity index (χ4n) is 3.16. The fourth-order valence-corrected chi connectivity index (χ4v) is 3.16. The first-order valence-corrected chi connectivity index (χ1v) is 8.23. The number of hydrogen-bond acceptors (Lipinski definition) is 3. The number of hydrogen-bond donors (Lipinski definition) is 3. The van der Waals surface area contributed by atoms with E-state index >= 15 is 0 Å². The monoisotopic (exact) mass is 284 g/mol. The molecule has 1 fully saturated rings. The second kappa shape index (κ2) is 9.35. The van der Waals surface area contributed by atoms with Gasteiger partial charge in [-0.2, -0.15) is 0 Å². The molecule has 0 aromatic carbocycles. The average Bonchev–Trinajstić information content (AvgIpc) is 2.47. The molecule has 1 rings (SSSR count). The predicted molar refractivity (Wildman–Crippen MR) is 82.5 cm³/mol. The van der Waals surface area contributed by atoms with Crippen LogP contribution in [-0.2, 0) is 4.79 Å². The highest BCUT2D eigenvalue weighted by Gasteiger charge is 2.22. The molecule has 1 aliphatic rings. The molecule has 4 nitrogen and oxygen atoms in total. The standard InChI is InChI=1S/C16H32N2O2/c1-4-13(5-2)15(19)11-18-16(20)10-12(3)14-6-8-17-9-7-14/h12-15,17,19H,4-11H2,1-3H3,(H,18,20). The summed E-state index contributed by atoms with van der Waals surface area (Å²) in [4.78, 5) is 12.0.